The molecule has 29 heavy (non-hydrogen) atoms. The average molecular weight is 519 g/mol. The minimum atomic E-state index is -0.150. The summed E-state index contributed by atoms with van der Waals surface area (Å²) in [6.45, 7) is 9.36. The van der Waals surface area contributed by atoms with Gasteiger partial charge in [0.2, 0.25) is 0 Å². The van der Waals surface area contributed by atoms with Crippen LogP contribution in [0, 0.1) is 11.8 Å². The van der Waals surface area contributed by atoms with Crippen molar-refractivity contribution in [2.24, 2.45) is 16.8 Å². The van der Waals surface area contributed by atoms with Crippen LogP contribution in [-0.2, 0) is 16.0 Å². The molecular weight excluding hydrogens is 485 g/mol. The number of methoxy groups -OCH3 is 1. The zero-order valence-corrected chi connectivity index (χ0v) is 20.4. The third-order valence-corrected chi connectivity index (χ3v) is 4.93. The number of aliphatic imine (C=N–C) groups is 1. The number of benzene rings is 1. The van der Waals surface area contributed by atoms with Gasteiger partial charge in [0, 0.05) is 26.7 Å². The van der Waals surface area contributed by atoms with Crippen molar-refractivity contribution in [3.05, 3.63) is 23.8 Å². The number of guanidine groups is 1. The molecule has 1 heterocycles. The summed E-state index contributed by atoms with van der Waals surface area (Å²) in [6.07, 6.45) is 0.829. The first-order chi connectivity index (χ1) is 13.5. The van der Waals surface area contributed by atoms with Gasteiger partial charge in [-0.1, -0.05) is 13.0 Å². The third-order valence-electron chi connectivity index (χ3n) is 4.93. The maximum atomic E-state index is 11.9. The van der Waals surface area contributed by atoms with Crippen molar-refractivity contribution in [3.8, 4) is 11.5 Å². The number of halogens is 1. The molecule has 0 spiro atoms. The summed E-state index contributed by atoms with van der Waals surface area (Å²) >= 11 is 0. The van der Waals surface area contributed by atoms with Crippen molar-refractivity contribution in [1.29, 1.82) is 0 Å². The number of nitrogens with one attached hydrogen (secondary N) is 1. The van der Waals surface area contributed by atoms with Gasteiger partial charge in [-0.25, -0.2) is 0 Å². The molecule has 2 rings (SSSR count). The lowest BCUT2D eigenvalue weighted by molar-refractivity contribution is -0.145. The number of hydrogen-bond acceptors (Lipinski definition) is 5. The fraction of sp³-hybridized carbons (Fsp3) is 0.619. The summed E-state index contributed by atoms with van der Waals surface area (Å²) in [4.78, 5) is 18.4. The first-order valence-electron chi connectivity index (χ1n) is 9.95. The Kier molecular flexibility index (Phi) is 11.2. The Bertz CT molecular complexity index is 684. The molecule has 1 N–H and O–H groups in total. The van der Waals surface area contributed by atoms with E-state index in [9.17, 15) is 4.79 Å². The van der Waals surface area contributed by atoms with E-state index in [0.717, 1.165) is 42.5 Å². The first-order valence-corrected chi connectivity index (χ1v) is 9.95. The fourth-order valence-electron chi connectivity index (χ4n) is 3.50. The highest BCUT2D eigenvalue weighted by Gasteiger charge is 2.36. The van der Waals surface area contributed by atoms with E-state index in [0.29, 0.717) is 19.8 Å². The number of carbonyl (C=O) groups is 1. The minimum Gasteiger partial charge on any atom is -0.490 e. The summed E-state index contributed by atoms with van der Waals surface area (Å²) < 4.78 is 16.2. The molecule has 2 unspecified atom stereocenters. The van der Waals surface area contributed by atoms with Crippen LogP contribution in [0.4, 0.5) is 0 Å². The van der Waals surface area contributed by atoms with Gasteiger partial charge in [0.25, 0.3) is 0 Å². The molecule has 1 fully saturated rings. The van der Waals surface area contributed by atoms with Gasteiger partial charge >= 0.3 is 5.97 Å². The molecule has 0 aliphatic carbocycles. The van der Waals surface area contributed by atoms with Gasteiger partial charge in [0.05, 0.1) is 26.2 Å². The molecular formula is C21H34IN3O4. The molecule has 0 aromatic heterocycles. The Labute approximate surface area is 191 Å². The second-order valence-corrected chi connectivity index (χ2v) is 6.88. The summed E-state index contributed by atoms with van der Waals surface area (Å²) in [7, 11) is 3.21. The van der Waals surface area contributed by atoms with Crippen LogP contribution in [0.15, 0.2) is 23.2 Å². The topological polar surface area (TPSA) is 72.4 Å². The second-order valence-electron chi connectivity index (χ2n) is 6.88. The van der Waals surface area contributed by atoms with Crippen LogP contribution in [0.25, 0.3) is 0 Å². The van der Waals surface area contributed by atoms with Crippen molar-refractivity contribution < 1.29 is 19.0 Å². The number of nitrogens with zero attached hydrogens (tertiary/aromatic N) is 2. The Hall–Kier alpha value is -1.71. The van der Waals surface area contributed by atoms with Crippen molar-refractivity contribution in [2.45, 2.75) is 27.2 Å². The molecule has 1 aromatic carbocycles. The maximum absolute atomic E-state index is 11.9. The van der Waals surface area contributed by atoms with Crippen LogP contribution in [0.2, 0.25) is 0 Å². The zero-order valence-electron chi connectivity index (χ0n) is 18.1. The largest absolute Gasteiger partial charge is 0.490 e. The van der Waals surface area contributed by atoms with E-state index >= 15 is 0 Å². The van der Waals surface area contributed by atoms with Gasteiger partial charge < -0.3 is 24.4 Å². The predicted molar refractivity (Wildman–Crippen MR) is 126 cm³/mol. The molecule has 1 aliphatic heterocycles. The summed E-state index contributed by atoms with van der Waals surface area (Å²) in [5, 5.41) is 3.40. The SMILES string of the molecule is CCOc1ccc(CCNC(=NC)N2CC(C)C(C(=O)OC)C2)cc1OCC.I. The molecule has 1 aromatic rings. The van der Waals surface area contributed by atoms with Gasteiger partial charge in [0.15, 0.2) is 17.5 Å². The number of esters is 1. The molecule has 7 nitrogen and oxygen atoms in total. The number of likely N-dealkylation sites (tertiary alicyclic amines) is 1. The molecule has 0 amide bonds. The molecule has 0 radical (unpaired) electrons. The van der Waals surface area contributed by atoms with E-state index in [1.54, 1.807) is 7.05 Å². The lowest BCUT2D eigenvalue weighted by Gasteiger charge is -2.21. The highest BCUT2D eigenvalue weighted by Crippen LogP contribution is 2.28. The fourth-order valence-corrected chi connectivity index (χ4v) is 3.50. The average Bonchev–Trinajstić information content (AvgIpc) is 3.08. The number of carbonyl (C=O) groups excluding carboxylic acids is 1. The zero-order chi connectivity index (χ0) is 20.5. The molecule has 8 heteroatoms. The van der Waals surface area contributed by atoms with E-state index in [-0.39, 0.29) is 41.8 Å². The Morgan fingerprint density at radius 3 is 2.52 bits per heavy atom. The molecule has 0 bridgehead atoms. The van der Waals surface area contributed by atoms with Crippen molar-refractivity contribution in [1.82, 2.24) is 10.2 Å². The van der Waals surface area contributed by atoms with Crippen LogP contribution in [0.5, 0.6) is 11.5 Å². The summed E-state index contributed by atoms with van der Waals surface area (Å²) in [5.74, 6) is 2.35. The monoisotopic (exact) mass is 519 g/mol. The van der Waals surface area contributed by atoms with Crippen molar-refractivity contribution in [3.63, 3.8) is 0 Å². The van der Waals surface area contributed by atoms with Gasteiger partial charge in [0.1, 0.15) is 0 Å². The van der Waals surface area contributed by atoms with Crippen LogP contribution in [-0.4, -0.2) is 63.8 Å². The Morgan fingerprint density at radius 2 is 1.90 bits per heavy atom. The Balaban J connectivity index is 0.00000420. The van der Waals surface area contributed by atoms with Crippen LogP contribution < -0.4 is 14.8 Å². The van der Waals surface area contributed by atoms with Crippen LogP contribution in [0.1, 0.15) is 26.3 Å². The predicted octanol–water partition coefficient (Wildman–Crippen LogP) is 2.96. The number of hydrogen-bond donors (Lipinski definition) is 1. The summed E-state index contributed by atoms with van der Waals surface area (Å²) in [6, 6.07) is 6.05. The first kappa shape index (κ1) is 25.3. The van der Waals surface area contributed by atoms with Crippen LogP contribution in [0.3, 0.4) is 0 Å². The third kappa shape index (κ3) is 6.94. The van der Waals surface area contributed by atoms with E-state index in [1.165, 1.54) is 7.11 Å². The second kappa shape index (κ2) is 12.8. The van der Waals surface area contributed by atoms with Crippen molar-refractivity contribution >= 4 is 35.9 Å². The highest BCUT2D eigenvalue weighted by molar-refractivity contribution is 14.0. The molecule has 1 aliphatic rings. The van der Waals surface area contributed by atoms with Gasteiger partial charge in [-0.2, -0.15) is 0 Å². The number of ether oxygens (including phenoxy) is 3. The Morgan fingerprint density at radius 1 is 1.21 bits per heavy atom. The highest BCUT2D eigenvalue weighted by atomic mass is 127. The number of rotatable bonds is 8. The normalized spacial score (nSPS) is 18.8. The van der Waals surface area contributed by atoms with Gasteiger partial charge in [-0.3, -0.25) is 9.79 Å². The van der Waals surface area contributed by atoms with Crippen molar-refractivity contribution in [2.75, 3.05) is 47.0 Å². The standard InChI is InChI=1S/C21H33N3O4.HI/c1-6-27-18-9-8-16(12-19(18)28-7-2)10-11-23-21(22-4)24-13-15(3)17(14-24)20(25)26-5;/h8-9,12,15,17H,6-7,10-11,13-14H2,1-5H3,(H,22,23);1H. The van der Waals surface area contributed by atoms with E-state index in [4.69, 9.17) is 14.2 Å². The van der Waals surface area contributed by atoms with Gasteiger partial charge in [-0.05, 0) is 43.9 Å². The molecule has 164 valence electrons. The van der Waals surface area contributed by atoms with Crippen LogP contribution >= 0.6 is 24.0 Å². The van der Waals surface area contributed by atoms with E-state index < -0.39 is 0 Å². The summed E-state index contributed by atoms with van der Waals surface area (Å²) in [5.41, 5.74) is 1.16. The van der Waals surface area contributed by atoms with E-state index in [2.05, 4.69) is 28.2 Å². The molecule has 2 atom stereocenters. The van der Waals surface area contributed by atoms with E-state index in [1.807, 2.05) is 26.0 Å². The quantitative estimate of drug-likeness (QED) is 0.247. The molecule has 1 saturated heterocycles. The minimum absolute atomic E-state index is 0. The smallest absolute Gasteiger partial charge is 0.310 e. The van der Waals surface area contributed by atoms with Gasteiger partial charge in [-0.15, -0.1) is 24.0 Å². The lowest BCUT2D eigenvalue weighted by atomic mass is 9.99. The lowest BCUT2D eigenvalue weighted by Crippen LogP contribution is -2.41. The maximum Gasteiger partial charge on any atom is 0.310 e. The molecule has 0 saturated carbocycles.